The average Bonchev–Trinajstić information content (AvgIpc) is 3.37. The number of methoxy groups -OCH3 is 1. The molecule has 4 aromatic rings. The lowest BCUT2D eigenvalue weighted by atomic mass is 10.1. The second-order valence-electron chi connectivity index (χ2n) is 7.54. The smallest absolute Gasteiger partial charge is 0.261 e. The van der Waals surface area contributed by atoms with Crippen molar-refractivity contribution >= 4 is 34.5 Å². The van der Waals surface area contributed by atoms with Crippen LogP contribution in [-0.4, -0.2) is 41.3 Å². The molecule has 3 aromatic carbocycles. The minimum Gasteiger partial charge on any atom is -0.497 e. The monoisotopic (exact) mass is 441 g/mol. The van der Waals surface area contributed by atoms with Gasteiger partial charge in [0.05, 0.1) is 18.2 Å². The normalized spacial score (nSPS) is 12.8. The second-order valence-corrected chi connectivity index (χ2v) is 7.54. The zero-order chi connectivity index (χ0) is 22.9. The van der Waals surface area contributed by atoms with Gasteiger partial charge in [-0.3, -0.25) is 19.3 Å². The molecule has 33 heavy (non-hydrogen) atoms. The highest BCUT2D eigenvalue weighted by molar-refractivity contribution is 6.21. The van der Waals surface area contributed by atoms with Gasteiger partial charge in [0.15, 0.2) is 5.58 Å². The molecule has 0 radical (unpaired) electrons. The van der Waals surface area contributed by atoms with Crippen molar-refractivity contribution in [2.45, 2.75) is 6.42 Å². The fourth-order valence-electron chi connectivity index (χ4n) is 3.74. The number of imide groups is 1. The Morgan fingerprint density at radius 1 is 1.00 bits per heavy atom. The maximum atomic E-state index is 12.5. The maximum absolute atomic E-state index is 12.5. The number of carbonyl (C=O) groups is 3. The van der Waals surface area contributed by atoms with Crippen molar-refractivity contribution in [1.82, 2.24) is 9.88 Å². The van der Waals surface area contributed by atoms with Gasteiger partial charge in [0.1, 0.15) is 11.3 Å². The van der Waals surface area contributed by atoms with Crippen molar-refractivity contribution in [3.63, 3.8) is 0 Å². The lowest BCUT2D eigenvalue weighted by Crippen LogP contribution is -2.32. The van der Waals surface area contributed by atoms with Gasteiger partial charge in [-0.2, -0.15) is 0 Å². The predicted molar refractivity (Wildman–Crippen MR) is 121 cm³/mol. The van der Waals surface area contributed by atoms with Crippen LogP contribution in [0.3, 0.4) is 0 Å². The predicted octanol–water partition coefficient (Wildman–Crippen LogP) is 4.13. The first-order valence-electron chi connectivity index (χ1n) is 10.3. The minimum atomic E-state index is -0.377. The Hall–Kier alpha value is -4.46. The molecule has 2 heterocycles. The van der Waals surface area contributed by atoms with Crippen LogP contribution in [0.4, 0.5) is 5.69 Å². The van der Waals surface area contributed by atoms with E-state index in [9.17, 15) is 14.4 Å². The number of fused-ring (bicyclic) bond motifs is 2. The molecule has 0 saturated carbocycles. The summed E-state index contributed by atoms with van der Waals surface area (Å²) in [5.74, 6) is 0.124. The molecule has 0 aliphatic carbocycles. The summed E-state index contributed by atoms with van der Waals surface area (Å²) in [6.45, 7) is 0.00432. The quantitative estimate of drug-likeness (QED) is 0.452. The molecule has 1 aliphatic rings. The Kier molecular flexibility index (Phi) is 5.10. The van der Waals surface area contributed by atoms with Crippen LogP contribution < -0.4 is 10.1 Å². The number of nitrogens with zero attached hydrogens (tertiary/aromatic N) is 2. The molecule has 1 aliphatic heterocycles. The number of aromatic nitrogens is 1. The summed E-state index contributed by atoms with van der Waals surface area (Å²) in [6, 6.07) is 19.2. The molecule has 0 saturated heterocycles. The van der Waals surface area contributed by atoms with Crippen molar-refractivity contribution in [2.75, 3.05) is 19.0 Å². The first-order chi connectivity index (χ1) is 16.0. The van der Waals surface area contributed by atoms with Crippen molar-refractivity contribution in [3.05, 3.63) is 77.9 Å². The highest BCUT2D eigenvalue weighted by Gasteiger charge is 2.34. The fourth-order valence-corrected chi connectivity index (χ4v) is 3.74. The number of hydrogen-bond acceptors (Lipinski definition) is 6. The lowest BCUT2D eigenvalue weighted by molar-refractivity contribution is -0.116. The van der Waals surface area contributed by atoms with Gasteiger partial charge < -0.3 is 14.5 Å². The minimum absolute atomic E-state index is 0.00432. The molecule has 1 aromatic heterocycles. The van der Waals surface area contributed by atoms with E-state index in [0.717, 1.165) is 16.2 Å². The summed E-state index contributed by atoms with van der Waals surface area (Å²) in [5, 5.41) is 2.78. The number of anilines is 1. The van der Waals surface area contributed by atoms with Crippen molar-refractivity contribution in [2.24, 2.45) is 0 Å². The fraction of sp³-hybridized carbons (Fsp3) is 0.120. The SMILES string of the molecule is COc1ccc(-c2nc3ccc(NC(=O)CCN4C(=O)c5ccccc5C4=O)cc3o2)cc1. The molecule has 8 heteroatoms. The van der Waals surface area contributed by atoms with Gasteiger partial charge in [-0.25, -0.2) is 4.98 Å². The van der Waals surface area contributed by atoms with Crippen LogP contribution in [0.1, 0.15) is 27.1 Å². The number of hydrogen-bond donors (Lipinski definition) is 1. The number of ether oxygens (including phenoxy) is 1. The largest absolute Gasteiger partial charge is 0.497 e. The Morgan fingerprint density at radius 2 is 1.70 bits per heavy atom. The molecule has 0 spiro atoms. The van der Waals surface area contributed by atoms with Crippen LogP contribution in [0, 0.1) is 0 Å². The topological polar surface area (TPSA) is 102 Å². The Labute approximate surface area is 188 Å². The van der Waals surface area contributed by atoms with Gasteiger partial charge in [0.2, 0.25) is 11.8 Å². The summed E-state index contributed by atoms with van der Waals surface area (Å²) in [6.07, 6.45) is -0.0169. The van der Waals surface area contributed by atoms with E-state index in [1.807, 2.05) is 24.3 Å². The third-order valence-electron chi connectivity index (χ3n) is 5.45. The number of amides is 3. The maximum Gasteiger partial charge on any atom is 0.261 e. The number of rotatable bonds is 6. The molecule has 8 nitrogen and oxygen atoms in total. The summed E-state index contributed by atoms with van der Waals surface area (Å²) < 4.78 is 11.0. The highest BCUT2D eigenvalue weighted by atomic mass is 16.5. The number of carbonyl (C=O) groups excluding carboxylic acids is 3. The molecule has 0 fully saturated rings. The van der Waals surface area contributed by atoms with Crippen LogP contribution in [-0.2, 0) is 4.79 Å². The van der Waals surface area contributed by atoms with Gasteiger partial charge in [0, 0.05) is 30.3 Å². The third kappa shape index (κ3) is 3.82. The van der Waals surface area contributed by atoms with Crippen molar-refractivity contribution in [1.29, 1.82) is 0 Å². The molecule has 1 N–H and O–H groups in total. The van der Waals surface area contributed by atoms with E-state index in [4.69, 9.17) is 9.15 Å². The first kappa shape index (κ1) is 20.4. The molecule has 5 rings (SSSR count). The Bertz CT molecular complexity index is 1360. The van der Waals surface area contributed by atoms with Gasteiger partial charge in [-0.1, -0.05) is 12.1 Å². The molecule has 3 amide bonds. The van der Waals surface area contributed by atoms with Crippen molar-refractivity contribution in [3.8, 4) is 17.2 Å². The summed E-state index contributed by atoms with van der Waals surface area (Å²) >= 11 is 0. The van der Waals surface area contributed by atoms with E-state index in [-0.39, 0.29) is 30.7 Å². The zero-order valence-corrected chi connectivity index (χ0v) is 17.7. The lowest BCUT2D eigenvalue weighted by Gasteiger charge is -2.13. The van der Waals surface area contributed by atoms with E-state index in [2.05, 4.69) is 10.3 Å². The van der Waals surface area contributed by atoms with E-state index >= 15 is 0 Å². The number of benzene rings is 3. The van der Waals surface area contributed by atoms with E-state index in [1.165, 1.54) is 0 Å². The molecule has 0 atom stereocenters. The average molecular weight is 441 g/mol. The third-order valence-corrected chi connectivity index (χ3v) is 5.45. The van der Waals surface area contributed by atoms with Gasteiger partial charge in [-0.15, -0.1) is 0 Å². The molecule has 0 bridgehead atoms. The molecule has 0 unspecified atom stereocenters. The van der Waals surface area contributed by atoms with Crippen LogP contribution in [0.5, 0.6) is 5.75 Å². The first-order valence-corrected chi connectivity index (χ1v) is 10.3. The summed E-state index contributed by atoms with van der Waals surface area (Å²) in [4.78, 5) is 42.9. The summed E-state index contributed by atoms with van der Waals surface area (Å²) in [5.41, 5.74) is 3.26. The van der Waals surface area contributed by atoms with Crippen molar-refractivity contribution < 1.29 is 23.5 Å². The van der Waals surface area contributed by atoms with Gasteiger partial charge >= 0.3 is 0 Å². The van der Waals surface area contributed by atoms with Crippen LogP contribution in [0.15, 0.2) is 71.1 Å². The number of oxazole rings is 1. The number of nitrogens with one attached hydrogen (secondary N) is 1. The van der Waals surface area contributed by atoms with E-state index < -0.39 is 0 Å². The molecule has 164 valence electrons. The molecular formula is C25H19N3O5. The zero-order valence-electron chi connectivity index (χ0n) is 17.7. The van der Waals surface area contributed by atoms with Crippen LogP contribution in [0.25, 0.3) is 22.6 Å². The van der Waals surface area contributed by atoms with Crippen LogP contribution >= 0.6 is 0 Å². The molecular weight excluding hydrogens is 422 g/mol. The standard InChI is InChI=1S/C25H19N3O5/c1-32-17-9-6-15(7-10-17)23-27-20-11-8-16(14-21(20)33-23)26-22(29)12-13-28-24(30)18-4-2-3-5-19(18)25(28)31/h2-11,14H,12-13H2,1H3,(H,26,29). The van der Waals surface area contributed by atoms with Gasteiger partial charge in [0.25, 0.3) is 11.8 Å². The van der Waals surface area contributed by atoms with Gasteiger partial charge in [-0.05, 0) is 48.5 Å². The van der Waals surface area contributed by atoms with Crippen LogP contribution in [0.2, 0.25) is 0 Å². The Balaban J connectivity index is 1.25. The second kappa shape index (κ2) is 8.23. The van der Waals surface area contributed by atoms with E-state index in [1.54, 1.807) is 49.6 Å². The highest BCUT2D eigenvalue weighted by Crippen LogP contribution is 2.28. The van der Waals surface area contributed by atoms with E-state index in [0.29, 0.717) is 33.8 Å². The summed E-state index contributed by atoms with van der Waals surface area (Å²) in [7, 11) is 1.60. The Morgan fingerprint density at radius 3 is 2.36 bits per heavy atom.